The normalized spacial score (nSPS) is 20.8. The molecule has 0 aliphatic carbocycles. The first-order valence-corrected chi connectivity index (χ1v) is 6.58. The van der Waals surface area contributed by atoms with Gasteiger partial charge in [0.05, 0.1) is 13.2 Å². The Bertz CT molecular complexity index is 442. The first-order chi connectivity index (χ1) is 9.18. The van der Waals surface area contributed by atoms with Crippen molar-refractivity contribution in [1.29, 1.82) is 0 Å². The van der Waals surface area contributed by atoms with Gasteiger partial charge in [-0.25, -0.2) is 0 Å². The summed E-state index contributed by atoms with van der Waals surface area (Å²) in [5.74, 6) is 0. The van der Waals surface area contributed by atoms with Gasteiger partial charge >= 0.3 is 6.18 Å². The van der Waals surface area contributed by atoms with Crippen LogP contribution in [-0.2, 0) is 14.9 Å². The van der Waals surface area contributed by atoms with Crippen molar-refractivity contribution in [1.82, 2.24) is 0 Å². The highest BCUT2D eigenvalue weighted by molar-refractivity contribution is 5.29. The number of rotatable bonds is 4. The molecular weight excluding hydrogens is 269 g/mol. The molecule has 0 bridgehead atoms. The van der Waals surface area contributed by atoms with Crippen molar-refractivity contribution >= 4 is 0 Å². The molecule has 0 radical (unpaired) electrons. The van der Waals surface area contributed by atoms with Crippen LogP contribution >= 0.6 is 0 Å². The van der Waals surface area contributed by atoms with Crippen LogP contribution in [0.4, 0.5) is 13.2 Å². The van der Waals surface area contributed by atoms with Crippen LogP contribution in [0.2, 0.25) is 0 Å². The molecule has 1 aliphatic rings. The summed E-state index contributed by atoms with van der Waals surface area (Å²) < 4.78 is 49.0. The molecule has 0 amide bonds. The van der Waals surface area contributed by atoms with E-state index in [-0.39, 0.29) is 23.7 Å². The number of epoxide rings is 1. The minimum absolute atomic E-state index is 0.0226. The summed E-state index contributed by atoms with van der Waals surface area (Å²) >= 11 is 0. The van der Waals surface area contributed by atoms with Gasteiger partial charge in [0.25, 0.3) is 0 Å². The van der Waals surface area contributed by atoms with Gasteiger partial charge in [-0.3, -0.25) is 0 Å². The summed E-state index contributed by atoms with van der Waals surface area (Å²) in [6, 6.07) is 6.44. The van der Waals surface area contributed by atoms with Crippen LogP contribution in [0, 0.1) is 0 Å². The molecule has 5 heteroatoms. The fraction of sp³-hybridized carbons (Fsp3) is 0.600. The first-order valence-electron chi connectivity index (χ1n) is 6.58. The van der Waals surface area contributed by atoms with E-state index in [1.165, 1.54) is 12.1 Å². The van der Waals surface area contributed by atoms with Gasteiger partial charge in [-0.05, 0) is 16.5 Å². The Morgan fingerprint density at radius 2 is 1.75 bits per heavy atom. The molecule has 20 heavy (non-hydrogen) atoms. The van der Waals surface area contributed by atoms with Crippen molar-refractivity contribution < 1.29 is 22.6 Å². The third-order valence-corrected chi connectivity index (χ3v) is 3.23. The summed E-state index contributed by atoms with van der Waals surface area (Å²) in [6.45, 7) is 6.51. The fourth-order valence-electron chi connectivity index (χ4n) is 1.91. The molecule has 0 spiro atoms. The lowest BCUT2D eigenvalue weighted by molar-refractivity contribution is -0.224. The smallest absolute Gasteiger partial charge is 0.371 e. The number of alkyl halides is 3. The maximum Gasteiger partial charge on any atom is 0.418 e. The number of hydrogen-bond acceptors (Lipinski definition) is 2. The molecule has 0 unspecified atom stereocenters. The van der Waals surface area contributed by atoms with Crippen LogP contribution in [-0.4, -0.2) is 25.5 Å². The second-order valence-corrected chi connectivity index (χ2v) is 6.08. The van der Waals surface area contributed by atoms with Gasteiger partial charge in [-0.1, -0.05) is 45.0 Å². The third kappa shape index (κ3) is 3.96. The van der Waals surface area contributed by atoms with Gasteiger partial charge in [0.1, 0.15) is 6.10 Å². The van der Waals surface area contributed by atoms with Gasteiger partial charge in [0, 0.05) is 0 Å². The van der Waals surface area contributed by atoms with E-state index in [1.54, 1.807) is 12.1 Å². The second-order valence-electron chi connectivity index (χ2n) is 6.08. The molecule has 2 rings (SSSR count). The maximum atomic E-state index is 13.0. The van der Waals surface area contributed by atoms with Crippen molar-refractivity contribution in [2.45, 2.75) is 44.6 Å². The molecule has 0 N–H and O–H groups in total. The van der Waals surface area contributed by atoms with E-state index in [2.05, 4.69) is 0 Å². The van der Waals surface area contributed by atoms with Gasteiger partial charge in [-0.2, -0.15) is 13.2 Å². The van der Waals surface area contributed by atoms with Crippen LogP contribution in [0.1, 0.15) is 38.0 Å². The van der Waals surface area contributed by atoms with E-state index in [0.717, 1.165) is 5.56 Å². The largest absolute Gasteiger partial charge is 0.418 e. The highest BCUT2D eigenvalue weighted by atomic mass is 19.4. The summed E-state index contributed by atoms with van der Waals surface area (Å²) in [6.07, 6.45) is -6.49. The number of ether oxygens (including phenoxy) is 2. The van der Waals surface area contributed by atoms with Crippen LogP contribution in [0.15, 0.2) is 24.3 Å². The number of halogens is 3. The van der Waals surface area contributed by atoms with Gasteiger partial charge in [0.2, 0.25) is 0 Å². The summed E-state index contributed by atoms with van der Waals surface area (Å²) in [5.41, 5.74) is 1.04. The first kappa shape index (κ1) is 15.3. The molecule has 1 aromatic carbocycles. The number of benzene rings is 1. The van der Waals surface area contributed by atoms with Crippen molar-refractivity contribution in [3.05, 3.63) is 35.4 Å². The lowest BCUT2D eigenvalue weighted by Crippen LogP contribution is -2.25. The van der Waals surface area contributed by atoms with Crippen LogP contribution in [0.3, 0.4) is 0 Å². The van der Waals surface area contributed by atoms with E-state index in [0.29, 0.717) is 6.61 Å². The Morgan fingerprint density at radius 1 is 1.20 bits per heavy atom. The molecule has 1 heterocycles. The van der Waals surface area contributed by atoms with Crippen molar-refractivity contribution in [2.24, 2.45) is 0 Å². The van der Waals surface area contributed by atoms with E-state index < -0.39 is 12.3 Å². The third-order valence-electron chi connectivity index (χ3n) is 3.23. The van der Waals surface area contributed by atoms with E-state index in [9.17, 15) is 13.2 Å². The summed E-state index contributed by atoms with van der Waals surface area (Å²) in [7, 11) is 0. The van der Waals surface area contributed by atoms with Crippen LogP contribution in [0.5, 0.6) is 0 Å². The van der Waals surface area contributed by atoms with Crippen LogP contribution in [0.25, 0.3) is 0 Å². The average molecular weight is 288 g/mol. The lowest BCUT2D eigenvalue weighted by atomic mass is 9.86. The maximum absolute atomic E-state index is 13.0. The Kier molecular flexibility index (Phi) is 4.12. The molecule has 0 aromatic heterocycles. The predicted molar refractivity (Wildman–Crippen MR) is 69.6 cm³/mol. The monoisotopic (exact) mass is 288 g/mol. The van der Waals surface area contributed by atoms with E-state index >= 15 is 0 Å². The molecular formula is C15H19F3O2. The minimum atomic E-state index is -4.42. The van der Waals surface area contributed by atoms with E-state index in [4.69, 9.17) is 9.47 Å². The fourth-order valence-corrected chi connectivity index (χ4v) is 1.91. The Balaban J connectivity index is 2.15. The molecule has 2 atom stereocenters. The Hall–Kier alpha value is -1.07. The molecule has 1 aromatic rings. The zero-order valence-electron chi connectivity index (χ0n) is 11.8. The standard InChI is InChI=1S/C15H19F3O2/c1-14(2,3)11-6-4-10(5-7-11)13(15(16,17)18)20-9-12-8-19-12/h4-7,12-13H,8-9H2,1-3H3/t12-,13-/m0/s1. The van der Waals surface area contributed by atoms with Crippen molar-refractivity contribution in [3.63, 3.8) is 0 Å². The summed E-state index contributed by atoms with van der Waals surface area (Å²) in [5, 5.41) is 0. The predicted octanol–water partition coefficient (Wildman–Crippen LogP) is 4.00. The Morgan fingerprint density at radius 3 is 2.15 bits per heavy atom. The molecule has 0 saturated carbocycles. The van der Waals surface area contributed by atoms with Gasteiger partial charge in [0.15, 0.2) is 6.10 Å². The SMILES string of the molecule is CC(C)(C)c1ccc([C@H](OC[C@@H]2CO2)C(F)(F)F)cc1. The van der Waals surface area contributed by atoms with Gasteiger partial charge in [-0.15, -0.1) is 0 Å². The molecule has 1 saturated heterocycles. The minimum Gasteiger partial charge on any atom is -0.371 e. The topological polar surface area (TPSA) is 21.8 Å². The zero-order chi connectivity index (χ0) is 15.0. The zero-order valence-corrected chi connectivity index (χ0v) is 11.8. The highest BCUT2D eigenvalue weighted by Crippen LogP contribution is 2.37. The average Bonchev–Trinajstić information content (AvgIpc) is 3.11. The molecule has 112 valence electrons. The molecule has 2 nitrogen and oxygen atoms in total. The lowest BCUT2D eigenvalue weighted by Gasteiger charge is -2.23. The van der Waals surface area contributed by atoms with Crippen molar-refractivity contribution in [2.75, 3.05) is 13.2 Å². The van der Waals surface area contributed by atoms with Gasteiger partial charge < -0.3 is 9.47 Å². The Labute approximate surface area is 116 Å². The van der Waals surface area contributed by atoms with E-state index in [1.807, 2.05) is 20.8 Å². The molecule has 1 aliphatic heterocycles. The number of hydrogen-bond donors (Lipinski definition) is 0. The highest BCUT2D eigenvalue weighted by Gasteiger charge is 2.43. The quantitative estimate of drug-likeness (QED) is 0.781. The van der Waals surface area contributed by atoms with Crippen molar-refractivity contribution in [3.8, 4) is 0 Å². The summed E-state index contributed by atoms with van der Waals surface area (Å²) in [4.78, 5) is 0. The second kappa shape index (κ2) is 5.37. The molecule has 1 fully saturated rings. The van der Waals surface area contributed by atoms with Crippen LogP contribution < -0.4 is 0 Å².